The highest BCUT2D eigenvalue weighted by atomic mass is 16.2. The van der Waals surface area contributed by atoms with Gasteiger partial charge in [-0.1, -0.05) is 0 Å². The number of piperidine rings is 1. The molecule has 28 heavy (non-hydrogen) atoms. The maximum Gasteiger partial charge on any atom is 0.272 e. The number of carbonyl (C=O) groups is 1. The minimum Gasteiger partial charge on any atom is -0.337 e. The number of aryl methyl sites for hydroxylation is 2. The van der Waals surface area contributed by atoms with Crippen molar-refractivity contribution in [3.63, 3.8) is 0 Å². The summed E-state index contributed by atoms with van der Waals surface area (Å²) in [6.07, 6.45) is 6.43. The van der Waals surface area contributed by atoms with Crippen molar-refractivity contribution in [3.8, 4) is 0 Å². The monoisotopic (exact) mass is 375 g/mol. The summed E-state index contributed by atoms with van der Waals surface area (Å²) in [4.78, 5) is 24.2. The highest BCUT2D eigenvalue weighted by Crippen LogP contribution is 2.40. The number of pyridine rings is 2. The van der Waals surface area contributed by atoms with Gasteiger partial charge in [-0.05, 0) is 68.4 Å². The van der Waals surface area contributed by atoms with Crippen molar-refractivity contribution in [1.82, 2.24) is 24.6 Å². The molecule has 3 aromatic heterocycles. The first kappa shape index (κ1) is 17.3. The number of amides is 1. The Morgan fingerprint density at radius 2 is 1.86 bits per heavy atom. The number of aromatic nitrogens is 4. The second-order valence-electron chi connectivity index (χ2n) is 8.19. The Labute approximate surface area is 164 Å². The molecule has 144 valence electrons. The van der Waals surface area contributed by atoms with Crippen LogP contribution in [0.3, 0.4) is 0 Å². The minimum atomic E-state index is 0.0716. The fourth-order valence-corrected chi connectivity index (χ4v) is 4.26. The first-order chi connectivity index (χ1) is 13.6. The second kappa shape index (κ2) is 6.69. The van der Waals surface area contributed by atoms with E-state index in [1.54, 1.807) is 4.68 Å². The van der Waals surface area contributed by atoms with Crippen molar-refractivity contribution in [1.29, 1.82) is 0 Å². The lowest BCUT2D eigenvalue weighted by Gasteiger charge is -2.31. The average Bonchev–Trinajstić information content (AvgIpc) is 3.51. The summed E-state index contributed by atoms with van der Waals surface area (Å²) >= 11 is 0. The van der Waals surface area contributed by atoms with Gasteiger partial charge < -0.3 is 4.90 Å². The zero-order chi connectivity index (χ0) is 19.3. The quantitative estimate of drug-likeness (QED) is 0.702. The van der Waals surface area contributed by atoms with Crippen LogP contribution in [0.25, 0.3) is 11.0 Å². The summed E-state index contributed by atoms with van der Waals surface area (Å²) in [6.45, 7) is 3.42. The van der Waals surface area contributed by atoms with E-state index in [9.17, 15) is 4.79 Å². The highest BCUT2D eigenvalue weighted by Gasteiger charge is 2.27. The molecule has 2 fully saturated rings. The zero-order valence-electron chi connectivity index (χ0n) is 16.4. The number of rotatable bonds is 3. The molecule has 3 aromatic rings. The largest absolute Gasteiger partial charge is 0.337 e. The van der Waals surface area contributed by atoms with Gasteiger partial charge in [0.2, 0.25) is 0 Å². The number of likely N-dealkylation sites (tertiary alicyclic amines) is 1. The van der Waals surface area contributed by atoms with Crippen LogP contribution in [0.2, 0.25) is 0 Å². The number of fused-ring (bicyclic) bond motifs is 1. The minimum absolute atomic E-state index is 0.0716. The molecule has 0 spiro atoms. The molecule has 4 heterocycles. The molecule has 0 N–H and O–H groups in total. The maximum absolute atomic E-state index is 12.8. The molecular formula is C22H25N5O. The molecule has 0 aromatic carbocycles. The van der Waals surface area contributed by atoms with E-state index in [0.29, 0.717) is 17.5 Å². The topological polar surface area (TPSA) is 63.9 Å². The van der Waals surface area contributed by atoms with E-state index in [1.165, 1.54) is 18.4 Å². The number of nitrogens with zero attached hydrogens (tertiary/aromatic N) is 5. The van der Waals surface area contributed by atoms with Gasteiger partial charge in [0.15, 0.2) is 5.65 Å². The molecule has 1 aliphatic heterocycles. The third kappa shape index (κ3) is 3.17. The fourth-order valence-electron chi connectivity index (χ4n) is 4.26. The van der Waals surface area contributed by atoms with Gasteiger partial charge in [-0.3, -0.25) is 9.48 Å². The normalized spacial score (nSPS) is 18.0. The summed E-state index contributed by atoms with van der Waals surface area (Å²) in [5, 5.41) is 5.42. The van der Waals surface area contributed by atoms with Crippen LogP contribution in [0.15, 0.2) is 30.5 Å². The molecule has 1 saturated heterocycles. The highest BCUT2D eigenvalue weighted by molar-refractivity contribution is 5.92. The summed E-state index contributed by atoms with van der Waals surface area (Å²) < 4.78 is 1.68. The second-order valence-corrected chi connectivity index (χ2v) is 8.19. The first-order valence-electron chi connectivity index (χ1n) is 10.1. The number of hydrogen-bond donors (Lipinski definition) is 0. The molecule has 2 aliphatic rings. The lowest BCUT2D eigenvalue weighted by molar-refractivity contribution is 0.0701. The smallest absolute Gasteiger partial charge is 0.272 e. The molecular weight excluding hydrogens is 350 g/mol. The van der Waals surface area contributed by atoms with Crippen LogP contribution in [-0.2, 0) is 7.05 Å². The zero-order valence-corrected chi connectivity index (χ0v) is 16.4. The molecule has 0 atom stereocenters. The Hall–Kier alpha value is -2.76. The van der Waals surface area contributed by atoms with Crippen molar-refractivity contribution < 1.29 is 4.79 Å². The Bertz CT molecular complexity index is 1040. The van der Waals surface area contributed by atoms with Crippen LogP contribution >= 0.6 is 0 Å². The van der Waals surface area contributed by atoms with E-state index in [1.807, 2.05) is 31.1 Å². The molecule has 1 aliphatic carbocycles. The van der Waals surface area contributed by atoms with Crippen molar-refractivity contribution in [2.24, 2.45) is 7.05 Å². The average molecular weight is 375 g/mol. The SMILES string of the molecule is Cc1cc(C(=O)N2CCC(c3ccc4cc(C5CC5)cnc4n3)CC2)n(C)n1. The van der Waals surface area contributed by atoms with Gasteiger partial charge in [0.05, 0.1) is 5.69 Å². The van der Waals surface area contributed by atoms with Crippen LogP contribution in [-0.4, -0.2) is 43.6 Å². The maximum atomic E-state index is 12.8. The van der Waals surface area contributed by atoms with Gasteiger partial charge in [-0.25, -0.2) is 9.97 Å². The molecule has 0 bridgehead atoms. The van der Waals surface area contributed by atoms with E-state index in [-0.39, 0.29) is 5.91 Å². The van der Waals surface area contributed by atoms with Crippen LogP contribution in [0.5, 0.6) is 0 Å². The van der Waals surface area contributed by atoms with E-state index < -0.39 is 0 Å². The lowest BCUT2D eigenvalue weighted by atomic mass is 9.92. The van der Waals surface area contributed by atoms with Crippen LogP contribution < -0.4 is 0 Å². The standard InChI is InChI=1S/C22H25N5O/c1-14-11-20(26(2)25-14)22(28)27-9-7-16(8-10-27)19-6-5-17-12-18(15-3-4-15)13-23-21(17)24-19/h5-6,11-13,15-16H,3-4,7-10H2,1-2H3. The van der Waals surface area contributed by atoms with E-state index in [4.69, 9.17) is 4.98 Å². The van der Waals surface area contributed by atoms with Crippen molar-refractivity contribution in [2.75, 3.05) is 13.1 Å². The van der Waals surface area contributed by atoms with Gasteiger partial charge in [-0.2, -0.15) is 5.10 Å². The van der Waals surface area contributed by atoms with E-state index in [0.717, 1.165) is 48.4 Å². The Morgan fingerprint density at radius 1 is 1.07 bits per heavy atom. The summed E-state index contributed by atoms with van der Waals surface area (Å²) in [7, 11) is 1.83. The predicted molar refractivity (Wildman–Crippen MR) is 107 cm³/mol. The van der Waals surface area contributed by atoms with Crippen molar-refractivity contribution in [2.45, 2.75) is 44.4 Å². The van der Waals surface area contributed by atoms with Crippen LogP contribution in [0.1, 0.15) is 65.0 Å². The first-order valence-corrected chi connectivity index (χ1v) is 10.1. The molecule has 0 unspecified atom stereocenters. The lowest BCUT2D eigenvalue weighted by Crippen LogP contribution is -2.38. The molecule has 6 heteroatoms. The third-order valence-electron chi connectivity index (χ3n) is 6.06. The third-order valence-corrected chi connectivity index (χ3v) is 6.06. The number of hydrogen-bond acceptors (Lipinski definition) is 4. The predicted octanol–water partition coefficient (Wildman–Crippen LogP) is 3.57. The van der Waals surface area contributed by atoms with E-state index in [2.05, 4.69) is 28.3 Å². The Kier molecular flexibility index (Phi) is 4.14. The summed E-state index contributed by atoms with van der Waals surface area (Å²) in [5.41, 5.74) is 4.82. The molecule has 1 saturated carbocycles. The molecule has 1 amide bonds. The molecule has 0 radical (unpaired) electrons. The van der Waals surface area contributed by atoms with Crippen LogP contribution in [0.4, 0.5) is 0 Å². The Morgan fingerprint density at radius 3 is 2.54 bits per heavy atom. The fraction of sp³-hybridized carbons (Fsp3) is 0.455. The van der Waals surface area contributed by atoms with Crippen LogP contribution in [0, 0.1) is 6.92 Å². The van der Waals surface area contributed by atoms with Gasteiger partial charge in [0.25, 0.3) is 5.91 Å². The van der Waals surface area contributed by atoms with Crippen molar-refractivity contribution >= 4 is 16.9 Å². The van der Waals surface area contributed by atoms with Gasteiger partial charge in [0.1, 0.15) is 5.69 Å². The van der Waals surface area contributed by atoms with Gasteiger partial charge in [0, 0.05) is 43.3 Å². The van der Waals surface area contributed by atoms with E-state index >= 15 is 0 Å². The summed E-state index contributed by atoms with van der Waals surface area (Å²) in [6, 6.07) is 8.41. The molecule has 5 rings (SSSR count). The summed E-state index contributed by atoms with van der Waals surface area (Å²) in [5.74, 6) is 1.16. The molecule has 6 nitrogen and oxygen atoms in total. The van der Waals surface area contributed by atoms with Gasteiger partial charge in [-0.15, -0.1) is 0 Å². The number of carbonyl (C=O) groups excluding carboxylic acids is 1. The van der Waals surface area contributed by atoms with Gasteiger partial charge >= 0.3 is 0 Å². The van der Waals surface area contributed by atoms with Crippen molar-refractivity contribution in [3.05, 3.63) is 53.1 Å². The Balaban J connectivity index is 1.29.